The summed E-state index contributed by atoms with van der Waals surface area (Å²) in [4.78, 5) is 34.9. The van der Waals surface area contributed by atoms with Gasteiger partial charge in [0, 0.05) is 25.8 Å². The van der Waals surface area contributed by atoms with Crippen LogP contribution in [0, 0.1) is 0 Å². The average Bonchev–Trinajstić information content (AvgIpc) is 3.36. The van der Waals surface area contributed by atoms with E-state index >= 15 is 0 Å². The maximum Gasteiger partial charge on any atom is 0.266 e. The number of nitrogens with zero attached hydrogens (tertiary/aromatic N) is 3. The molecule has 2 fully saturated rings. The van der Waals surface area contributed by atoms with Gasteiger partial charge in [-0.15, -0.1) is 0 Å². The van der Waals surface area contributed by atoms with Gasteiger partial charge in [-0.2, -0.15) is 0 Å². The normalized spacial score (nSPS) is 16.9. The van der Waals surface area contributed by atoms with Crippen LogP contribution in [0.15, 0.2) is 76.6 Å². The summed E-state index contributed by atoms with van der Waals surface area (Å²) < 4.78 is 22.2. The van der Waals surface area contributed by atoms with Crippen LogP contribution >= 0.6 is 11.8 Å². The molecule has 10 heteroatoms. The first kappa shape index (κ1) is 31.2. The van der Waals surface area contributed by atoms with Crippen LogP contribution < -0.4 is 14.2 Å². The minimum atomic E-state index is -0.138. The number of likely N-dealkylation sites (tertiary alicyclic amines) is 1. The van der Waals surface area contributed by atoms with E-state index in [1.54, 1.807) is 26.2 Å². The van der Waals surface area contributed by atoms with Crippen molar-refractivity contribution in [1.29, 1.82) is 0 Å². The first-order chi connectivity index (χ1) is 21.5. The molecule has 0 saturated carbocycles. The van der Waals surface area contributed by atoms with Crippen LogP contribution in [-0.4, -0.2) is 74.4 Å². The smallest absolute Gasteiger partial charge is 0.266 e. The molecule has 0 radical (unpaired) electrons. The van der Waals surface area contributed by atoms with Crippen molar-refractivity contribution in [2.24, 2.45) is 4.99 Å². The van der Waals surface area contributed by atoms with Crippen LogP contribution in [0.2, 0.25) is 0 Å². The molecule has 2 saturated heterocycles. The molecule has 230 valence electrons. The highest BCUT2D eigenvalue weighted by atomic mass is 32.2. The van der Waals surface area contributed by atoms with Gasteiger partial charge in [-0.1, -0.05) is 18.2 Å². The van der Waals surface area contributed by atoms with Gasteiger partial charge in [0.2, 0.25) is 0 Å². The van der Waals surface area contributed by atoms with Crippen molar-refractivity contribution in [2.45, 2.75) is 25.9 Å². The number of hydrogen-bond acceptors (Lipinski definition) is 8. The number of amidine groups is 1. The van der Waals surface area contributed by atoms with Crippen molar-refractivity contribution < 1.29 is 28.5 Å². The second kappa shape index (κ2) is 14.9. The first-order valence-electron chi connectivity index (χ1n) is 14.6. The highest BCUT2D eigenvalue weighted by Crippen LogP contribution is 2.36. The number of thioether (sulfide) groups is 1. The van der Waals surface area contributed by atoms with Gasteiger partial charge >= 0.3 is 0 Å². The number of carbonyl (C=O) groups excluding carboxylic acids is 2. The van der Waals surface area contributed by atoms with Crippen molar-refractivity contribution in [2.75, 3.05) is 47.6 Å². The molecule has 2 amide bonds. The van der Waals surface area contributed by atoms with Crippen LogP contribution in [-0.2, 0) is 16.1 Å². The van der Waals surface area contributed by atoms with Crippen LogP contribution in [0.5, 0.6) is 17.2 Å². The second-order valence-electron chi connectivity index (χ2n) is 10.4. The minimum absolute atomic E-state index is 0.0865. The van der Waals surface area contributed by atoms with Crippen molar-refractivity contribution >= 4 is 40.5 Å². The Morgan fingerprint density at radius 3 is 2.34 bits per heavy atom. The number of rotatable bonds is 11. The third kappa shape index (κ3) is 7.62. The number of benzene rings is 3. The summed E-state index contributed by atoms with van der Waals surface area (Å²) in [7, 11) is 4.80. The molecular weight excluding hydrogens is 578 g/mol. The lowest BCUT2D eigenvalue weighted by atomic mass is 10.1. The predicted octanol–water partition coefficient (Wildman–Crippen LogP) is 6.16. The molecule has 0 unspecified atom stereocenters. The summed E-state index contributed by atoms with van der Waals surface area (Å²) in [5.74, 6) is 1.82. The Kier molecular flexibility index (Phi) is 10.6. The number of piperidine rings is 1. The van der Waals surface area contributed by atoms with Gasteiger partial charge in [0.25, 0.3) is 11.8 Å². The minimum Gasteiger partial charge on any atom is -0.497 e. The molecule has 5 rings (SSSR count). The second-order valence-corrected chi connectivity index (χ2v) is 11.4. The fraction of sp³-hybridized carbons (Fsp3) is 0.324. The van der Waals surface area contributed by atoms with Crippen LogP contribution in [0.1, 0.15) is 40.7 Å². The SMILES string of the molecule is COCCN1C(=O)/C(=C/c2ccc(OCc3ccc(C(=O)N4CCCCC4)cc3)c(OC)c2)SC1=Nc1ccc(OC)cc1. The molecule has 0 N–H and O–H groups in total. The number of ether oxygens (including phenoxy) is 4. The van der Waals surface area contributed by atoms with Gasteiger partial charge in [-0.05, 0) is 96.8 Å². The lowest BCUT2D eigenvalue weighted by Crippen LogP contribution is -2.35. The van der Waals surface area contributed by atoms with E-state index < -0.39 is 0 Å². The summed E-state index contributed by atoms with van der Waals surface area (Å²) in [5.41, 5.74) is 3.16. The monoisotopic (exact) mass is 615 g/mol. The third-order valence-corrected chi connectivity index (χ3v) is 8.43. The number of hydrogen-bond donors (Lipinski definition) is 0. The zero-order chi connectivity index (χ0) is 30.9. The van der Waals surface area contributed by atoms with E-state index in [0.29, 0.717) is 46.9 Å². The largest absolute Gasteiger partial charge is 0.497 e. The van der Waals surface area contributed by atoms with Gasteiger partial charge in [0.1, 0.15) is 12.4 Å². The Balaban J connectivity index is 1.27. The number of methoxy groups -OCH3 is 3. The zero-order valence-corrected chi connectivity index (χ0v) is 26.1. The van der Waals surface area contributed by atoms with Crippen LogP contribution in [0.4, 0.5) is 5.69 Å². The summed E-state index contributed by atoms with van der Waals surface area (Å²) in [6, 6.07) is 20.5. The van der Waals surface area contributed by atoms with Crippen molar-refractivity contribution in [3.63, 3.8) is 0 Å². The lowest BCUT2D eigenvalue weighted by molar-refractivity contribution is -0.122. The maximum absolute atomic E-state index is 13.4. The van der Waals surface area contributed by atoms with Gasteiger partial charge in [-0.3, -0.25) is 14.5 Å². The summed E-state index contributed by atoms with van der Waals surface area (Å²) in [6.45, 7) is 2.75. The molecule has 2 aliphatic rings. The highest BCUT2D eigenvalue weighted by Gasteiger charge is 2.33. The molecule has 9 nitrogen and oxygen atoms in total. The zero-order valence-electron chi connectivity index (χ0n) is 25.3. The van der Waals surface area contributed by atoms with Crippen molar-refractivity contribution in [3.05, 3.63) is 88.3 Å². The molecule has 0 atom stereocenters. The van der Waals surface area contributed by atoms with Crippen molar-refractivity contribution in [1.82, 2.24) is 9.80 Å². The number of aliphatic imine (C=N–C) groups is 1. The fourth-order valence-electron chi connectivity index (χ4n) is 4.97. The van der Waals surface area contributed by atoms with Gasteiger partial charge < -0.3 is 23.8 Å². The van der Waals surface area contributed by atoms with Gasteiger partial charge in [-0.25, -0.2) is 4.99 Å². The van der Waals surface area contributed by atoms with E-state index in [-0.39, 0.29) is 11.8 Å². The topological polar surface area (TPSA) is 89.9 Å². The van der Waals surface area contributed by atoms with E-state index in [2.05, 4.69) is 0 Å². The third-order valence-electron chi connectivity index (χ3n) is 7.43. The Morgan fingerprint density at radius 1 is 0.909 bits per heavy atom. The molecule has 2 heterocycles. The van der Waals surface area contributed by atoms with Crippen LogP contribution in [0.3, 0.4) is 0 Å². The van der Waals surface area contributed by atoms with Crippen molar-refractivity contribution in [3.8, 4) is 17.2 Å². The van der Waals surface area contributed by atoms with E-state index in [1.807, 2.05) is 77.7 Å². The Morgan fingerprint density at radius 2 is 1.66 bits per heavy atom. The van der Waals surface area contributed by atoms with E-state index in [4.69, 9.17) is 23.9 Å². The summed E-state index contributed by atoms with van der Waals surface area (Å²) in [5, 5.41) is 0.582. The molecule has 3 aromatic rings. The quantitative estimate of drug-likeness (QED) is 0.239. The van der Waals surface area contributed by atoms with E-state index in [1.165, 1.54) is 18.2 Å². The van der Waals surface area contributed by atoms with E-state index in [9.17, 15) is 9.59 Å². The maximum atomic E-state index is 13.4. The Hall–Kier alpha value is -4.28. The first-order valence-corrected chi connectivity index (χ1v) is 15.4. The highest BCUT2D eigenvalue weighted by molar-refractivity contribution is 8.18. The molecule has 44 heavy (non-hydrogen) atoms. The van der Waals surface area contributed by atoms with Gasteiger partial charge in [0.05, 0.1) is 38.0 Å². The number of carbonyl (C=O) groups is 2. The fourth-order valence-corrected chi connectivity index (χ4v) is 5.99. The van der Waals surface area contributed by atoms with Gasteiger partial charge in [0.15, 0.2) is 16.7 Å². The molecule has 0 aromatic heterocycles. The molecular formula is C34H37N3O6S. The van der Waals surface area contributed by atoms with Crippen LogP contribution in [0.25, 0.3) is 6.08 Å². The Labute approximate surface area is 262 Å². The molecule has 0 aliphatic carbocycles. The standard InChI is InChI=1S/C34H37N3O6S/c1-40-20-19-37-33(39)31(44-34(37)35-27-12-14-28(41-2)15-13-27)22-25-9-16-29(30(21-25)42-3)43-23-24-7-10-26(11-8-24)32(38)36-17-5-4-6-18-36/h7-16,21-22H,4-6,17-20,23H2,1-3H3/b31-22-,35-34?. The molecule has 0 bridgehead atoms. The lowest BCUT2D eigenvalue weighted by Gasteiger charge is -2.26. The molecule has 3 aromatic carbocycles. The summed E-state index contributed by atoms with van der Waals surface area (Å²) >= 11 is 1.32. The molecule has 2 aliphatic heterocycles. The number of amides is 2. The molecule has 0 spiro atoms. The predicted molar refractivity (Wildman–Crippen MR) is 173 cm³/mol. The Bertz CT molecular complexity index is 1510. The summed E-state index contributed by atoms with van der Waals surface area (Å²) in [6.07, 6.45) is 5.15. The average molecular weight is 616 g/mol. The van der Waals surface area contributed by atoms with E-state index in [0.717, 1.165) is 48.5 Å².